The molecule has 0 spiro atoms. The molecule has 2 heterocycles. The summed E-state index contributed by atoms with van der Waals surface area (Å²) in [5.41, 5.74) is 3.12. The predicted octanol–water partition coefficient (Wildman–Crippen LogP) is 3.00. The molecule has 1 fully saturated rings. The molecule has 23 heavy (non-hydrogen) atoms. The minimum Gasteiger partial charge on any atom is -0.331 e. The highest BCUT2D eigenvalue weighted by Crippen LogP contribution is 2.41. The molecule has 0 aromatic carbocycles. The van der Waals surface area contributed by atoms with Gasteiger partial charge in [-0.1, -0.05) is 0 Å². The van der Waals surface area contributed by atoms with Crippen LogP contribution >= 0.6 is 11.3 Å². The van der Waals surface area contributed by atoms with E-state index in [4.69, 9.17) is 0 Å². The van der Waals surface area contributed by atoms with E-state index >= 15 is 0 Å². The van der Waals surface area contributed by atoms with Crippen molar-refractivity contribution in [3.8, 4) is 0 Å². The van der Waals surface area contributed by atoms with Crippen LogP contribution in [0, 0.1) is 19.8 Å². The normalized spacial score (nSPS) is 16.9. The van der Waals surface area contributed by atoms with E-state index in [2.05, 4.69) is 20.7 Å². The predicted molar refractivity (Wildman–Crippen MR) is 90.3 cm³/mol. The SMILES string of the molecule is Cc1nn(C)c(C)c1C(C)NC(=O)NC(c1nccs1)C1CC1. The number of nitrogens with zero attached hydrogens (tertiary/aromatic N) is 3. The molecule has 0 aliphatic heterocycles. The number of rotatable bonds is 5. The minimum atomic E-state index is -0.146. The Morgan fingerprint density at radius 3 is 2.65 bits per heavy atom. The summed E-state index contributed by atoms with van der Waals surface area (Å²) in [6.45, 7) is 5.99. The lowest BCUT2D eigenvalue weighted by atomic mass is 10.1. The molecular weight excluding hydrogens is 310 g/mol. The number of thiazole rings is 1. The van der Waals surface area contributed by atoms with E-state index in [1.165, 1.54) is 0 Å². The van der Waals surface area contributed by atoms with Gasteiger partial charge in [0.25, 0.3) is 0 Å². The number of hydrogen-bond donors (Lipinski definition) is 2. The maximum atomic E-state index is 12.4. The average Bonchev–Trinajstić information content (AvgIpc) is 3.11. The van der Waals surface area contributed by atoms with Crippen LogP contribution in [-0.2, 0) is 7.05 Å². The van der Waals surface area contributed by atoms with Crippen molar-refractivity contribution >= 4 is 17.4 Å². The highest BCUT2D eigenvalue weighted by Gasteiger charge is 2.35. The smallest absolute Gasteiger partial charge is 0.315 e. The topological polar surface area (TPSA) is 71.8 Å². The quantitative estimate of drug-likeness (QED) is 0.883. The Labute approximate surface area is 140 Å². The lowest BCUT2D eigenvalue weighted by Gasteiger charge is -2.20. The van der Waals surface area contributed by atoms with Gasteiger partial charge in [0.1, 0.15) is 5.01 Å². The van der Waals surface area contributed by atoms with Crippen molar-refractivity contribution < 1.29 is 4.79 Å². The summed E-state index contributed by atoms with van der Waals surface area (Å²) in [5, 5.41) is 13.5. The summed E-state index contributed by atoms with van der Waals surface area (Å²) in [7, 11) is 1.92. The number of nitrogens with one attached hydrogen (secondary N) is 2. The molecule has 7 heteroatoms. The second-order valence-electron chi connectivity index (χ2n) is 6.23. The third-order valence-corrected chi connectivity index (χ3v) is 5.30. The van der Waals surface area contributed by atoms with Crippen molar-refractivity contribution in [3.63, 3.8) is 0 Å². The van der Waals surface area contributed by atoms with Gasteiger partial charge in [-0.3, -0.25) is 4.68 Å². The van der Waals surface area contributed by atoms with Crippen LogP contribution in [-0.4, -0.2) is 20.8 Å². The van der Waals surface area contributed by atoms with Crippen LogP contribution in [0.2, 0.25) is 0 Å². The Morgan fingerprint density at radius 2 is 2.13 bits per heavy atom. The van der Waals surface area contributed by atoms with Gasteiger partial charge in [-0.05, 0) is 39.5 Å². The lowest BCUT2D eigenvalue weighted by molar-refractivity contribution is 0.232. The number of carbonyl (C=O) groups is 1. The van der Waals surface area contributed by atoms with E-state index in [9.17, 15) is 4.79 Å². The van der Waals surface area contributed by atoms with Gasteiger partial charge in [0.15, 0.2) is 0 Å². The summed E-state index contributed by atoms with van der Waals surface area (Å²) in [6.07, 6.45) is 4.10. The summed E-state index contributed by atoms with van der Waals surface area (Å²) in [6, 6.07) is -0.203. The Morgan fingerprint density at radius 1 is 1.39 bits per heavy atom. The third kappa shape index (κ3) is 3.39. The van der Waals surface area contributed by atoms with Gasteiger partial charge in [-0.25, -0.2) is 9.78 Å². The fourth-order valence-corrected chi connectivity index (χ4v) is 3.85. The van der Waals surface area contributed by atoms with Crippen LogP contribution in [0.5, 0.6) is 0 Å². The number of aromatic nitrogens is 3. The molecule has 2 atom stereocenters. The second kappa shape index (κ2) is 6.31. The number of aryl methyl sites for hydroxylation is 2. The Hall–Kier alpha value is -1.89. The summed E-state index contributed by atoms with van der Waals surface area (Å²) in [5.74, 6) is 0.518. The largest absolute Gasteiger partial charge is 0.331 e. The Kier molecular flexibility index (Phi) is 4.39. The van der Waals surface area contributed by atoms with E-state index in [-0.39, 0.29) is 18.1 Å². The Balaban J connectivity index is 1.66. The molecule has 2 aromatic heterocycles. The number of amides is 2. The molecule has 3 rings (SSSR count). The summed E-state index contributed by atoms with van der Waals surface area (Å²) < 4.78 is 1.85. The van der Waals surface area contributed by atoms with E-state index in [0.29, 0.717) is 5.92 Å². The molecule has 2 amide bonds. The monoisotopic (exact) mass is 333 g/mol. The lowest BCUT2D eigenvalue weighted by Crippen LogP contribution is -2.40. The van der Waals surface area contributed by atoms with Crippen LogP contribution in [0.1, 0.15) is 53.8 Å². The minimum absolute atomic E-state index is 0.0262. The van der Waals surface area contributed by atoms with E-state index < -0.39 is 0 Å². The van der Waals surface area contributed by atoms with Gasteiger partial charge in [0.2, 0.25) is 0 Å². The molecular formula is C16H23N5OS. The number of urea groups is 1. The number of carbonyl (C=O) groups excluding carboxylic acids is 1. The first-order valence-electron chi connectivity index (χ1n) is 7.94. The summed E-state index contributed by atoms with van der Waals surface area (Å²) in [4.78, 5) is 16.8. The summed E-state index contributed by atoms with van der Waals surface area (Å²) >= 11 is 1.60. The van der Waals surface area contributed by atoms with Gasteiger partial charge < -0.3 is 10.6 Å². The van der Waals surface area contributed by atoms with Gasteiger partial charge >= 0.3 is 6.03 Å². The molecule has 1 aliphatic carbocycles. The van der Waals surface area contributed by atoms with E-state index in [1.54, 1.807) is 17.5 Å². The average molecular weight is 333 g/mol. The van der Waals surface area contributed by atoms with Crippen LogP contribution in [0.25, 0.3) is 0 Å². The van der Waals surface area contributed by atoms with Crippen molar-refractivity contribution in [2.75, 3.05) is 0 Å². The first-order chi connectivity index (χ1) is 11.0. The molecule has 124 valence electrons. The zero-order valence-electron chi connectivity index (χ0n) is 14.0. The molecule has 0 bridgehead atoms. The molecule has 6 nitrogen and oxygen atoms in total. The Bertz CT molecular complexity index is 690. The van der Waals surface area contributed by atoms with Crippen LogP contribution < -0.4 is 10.6 Å². The highest BCUT2D eigenvalue weighted by atomic mass is 32.1. The first-order valence-corrected chi connectivity index (χ1v) is 8.82. The highest BCUT2D eigenvalue weighted by molar-refractivity contribution is 7.09. The fraction of sp³-hybridized carbons (Fsp3) is 0.562. The van der Waals surface area contributed by atoms with Crippen molar-refractivity contribution in [3.05, 3.63) is 33.5 Å². The molecule has 2 unspecified atom stereocenters. The molecule has 1 saturated carbocycles. The maximum absolute atomic E-state index is 12.4. The van der Waals surface area contributed by atoms with Crippen LogP contribution in [0.15, 0.2) is 11.6 Å². The molecule has 0 saturated heterocycles. The van der Waals surface area contributed by atoms with Gasteiger partial charge in [0.05, 0.1) is 17.8 Å². The van der Waals surface area contributed by atoms with Crippen molar-refractivity contribution in [2.24, 2.45) is 13.0 Å². The van der Waals surface area contributed by atoms with Crippen LogP contribution in [0.3, 0.4) is 0 Å². The second-order valence-corrected chi connectivity index (χ2v) is 7.16. The zero-order chi connectivity index (χ0) is 16.6. The molecule has 1 aliphatic rings. The first kappa shape index (κ1) is 16.0. The molecule has 0 radical (unpaired) electrons. The maximum Gasteiger partial charge on any atom is 0.315 e. The molecule has 2 aromatic rings. The van der Waals surface area contributed by atoms with Gasteiger partial charge in [-0.15, -0.1) is 11.3 Å². The number of hydrogen-bond acceptors (Lipinski definition) is 4. The van der Waals surface area contributed by atoms with Crippen LogP contribution in [0.4, 0.5) is 4.79 Å². The van der Waals surface area contributed by atoms with Gasteiger partial charge in [-0.2, -0.15) is 5.10 Å². The van der Waals surface area contributed by atoms with Crippen molar-refractivity contribution in [1.29, 1.82) is 0 Å². The van der Waals surface area contributed by atoms with E-state index in [1.807, 2.05) is 37.9 Å². The van der Waals surface area contributed by atoms with Gasteiger partial charge in [0, 0.05) is 29.9 Å². The third-order valence-electron chi connectivity index (χ3n) is 4.44. The zero-order valence-corrected chi connectivity index (χ0v) is 14.8. The standard InChI is InChI=1S/C16H23N5OS/c1-9(13-10(2)20-21(4)11(13)3)18-16(22)19-14(12-5-6-12)15-17-7-8-23-15/h7-9,12,14H,5-6H2,1-4H3,(H2,18,19,22). The fourth-order valence-electron chi connectivity index (χ4n) is 3.07. The van der Waals surface area contributed by atoms with Crippen molar-refractivity contribution in [1.82, 2.24) is 25.4 Å². The van der Waals surface area contributed by atoms with E-state index in [0.717, 1.165) is 34.8 Å². The van der Waals surface area contributed by atoms with Crippen molar-refractivity contribution in [2.45, 2.75) is 45.7 Å². The molecule has 2 N–H and O–H groups in total.